The molecule has 0 fully saturated rings. The van der Waals surface area contributed by atoms with Crippen molar-refractivity contribution in [3.63, 3.8) is 0 Å². The van der Waals surface area contributed by atoms with E-state index in [-0.39, 0.29) is 12.5 Å². The molecule has 126 valence electrons. The Hall–Kier alpha value is -2.48. The largest absolute Gasteiger partial charge is 0.344 e. The van der Waals surface area contributed by atoms with Gasteiger partial charge in [-0.25, -0.2) is 0 Å². The van der Waals surface area contributed by atoms with Crippen LogP contribution in [-0.4, -0.2) is 25.8 Å². The minimum atomic E-state index is -0.181. The summed E-state index contributed by atoms with van der Waals surface area (Å²) in [6.45, 7) is 5.00. The fourth-order valence-corrected chi connectivity index (χ4v) is 3.05. The molecule has 3 rings (SSSR count). The zero-order valence-corrected chi connectivity index (χ0v) is 14.5. The van der Waals surface area contributed by atoms with Crippen LogP contribution in [0.25, 0.3) is 0 Å². The highest BCUT2D eigenvalue weighted by molar-refractivity contribution is 7.09. The lowest BCUT2D eigenvalue weighted by Crippen LogP contribution is -2.24. The molecule has 0 aliphatic carbocycles. The molecule has 0 radical (unpaired) electrons. The first-order chi connectivity index (χ1) is 11.7. The first-order valence-corrected chi connectivity index (χ1v) is 8.69. The molecule has 0 saturated carbocycles. The summed E-state index contributed by atoms with van der Waals surface area (Å²) in [7, 11) is 0. The number of rotatable bonds is 7. The number of hydrogen-bond donors (Lipinski definition) is 1. The van der Waals surface area contributed by atoms with Gasteiger partial charge in [-0.05, 0) is 24.8 Å². The number of carbonyl (C=O) groups is 1. The van der Waals surface area contributed by atoms with Crippen LogP contribution >= 0.6 is 11.3 Å². The number of amides is 1. The van der Waals surface area contributed by atoms with Gasteiger partial charge in [0.2, 0.25) is 5.89 Å². The summed E-state index contributed by atoms with van der Waals surface area (Å²) in [6.07, 6.45) is 3.18. The quantitative estimate of drug-likeness (QED) is 0.711. The number of hydrogen-bond acceptors (Lipinski definition) is 6. The second-order valence-corrected chi connectivity index (χ2v) is 6.44. The Bertz CT molecular complexity index is 806. The monoisotopic (exact) mass is 345 g/mol. The lowest BCUT2D eigenvalue weighted by atomic mass is 10.2. The van der Waals surface area contributed by atoms with Gasteiger partial charge in [0.25, 0.3) is 5.91 Å². The van der Waals surface area contributed by atoms with E-state index in [9.17, 15) is 4.79 Å². The van der Waals surface area contributed by atoms with Crippen LogP contribution in [0.5, 0.6) is 0 Å². The average molecular weight is 345 g/mol. The van der Waals surface area contributed by atoms with E-state index in [0.29, 0.717) is 23.7 Å². The van der Waals surface area contributed by atoms with Crippen LogP contribution in [0.1, 0.15) is 46.0 Å². The number of carbonyl (C=O) groups excluding carboxylic acids is 1. The zero-order valence-electron chi connectivity index (χ0n) is 13.7. The van der Waals surface area contributed by atoms with Crippen molar-refractivity contribution in [2.75, 3.05) is 0 Å². The maximum Gasteiger partial charge on any atom is 0.255 e. The molecule has 0 spiro atoms. The van der Waals surface area contributed by atoms with Gasteiger partial charge < -0.3 is 9.84 Å². The van der Waals surface area contributed by atoms with Crippen LogP contribution < -0.4 is 5.32 Å². The van der Waals surface area contributed by atoms with Gasteiger partial charge in [0.1, 0.15) is 0 Å². The highest BCUT2D eigenvalue weighted by Gasteiger charge is 2.15. The Morgan fingerprint density at radius 1 is 1.46 bits per heavy atom. The smallest absolute Gasteiger partial charge is 0.255 e. The molecule has 24 heavy (non-hydrogen) atoms. The zero-order chi connectivity index (χ0) is 16.9. The van der Waals surface area contributed by atoms with Gasteiger partial charge in [-0.2, -0.15) is 10.1 Å². The Labute approximate surface area is 143 Å². The van der Waals surface area contributed by atoms with Gasteiger partial charge in [-0.1, -0.05) is 18.1 Å². The Morgan fingerprint density at radius 2 is 2.33 bits per heavy atom. The number of thiophene rings is 1. The molecule has 3 aromatic rings. The van der Waals surface area contributed by atoms with Crippen molar-refractivity contribution in [2.24, 2.45) is 0 Å². The maximum absolute atomic E-state index is 12.3. The molecule has 8 heteroatoms. The summed E-state index contributed by atoms with van der Waals surface area (Å²) in [5, 5.41) is 13.0. The molecule has 0 atom stereocenters. The normalized spacial score (nSPS) is 10.9. The van der Waals surface area contributed by atoms with Gasteiger partial charge in [0.15, 0.2) is 5.82 Å². The fraction of sp³-hybridized carbons (Fsp3) is 0.375. The molecular weight excluding hydrogens is 326 g/mol. The second-order valence-electron chi connectivity index (χ2n) is 5.41. The Morgan fingerprint density at radius 3 is 3.08 bits per heavy atom. The molecule has 3 heterocycles. The molecule has 0 aromatic carbocycles. The molecule has 0 aliphatic heterocycles. The summed E-state index contributed by atoms with van der Waals surface area (Å²) >= 11 is 1.64. The third-order valence-electron chi connectivity index (χ3n) is 3.61. The maximum atomic E-state index is 12.3. The van der Waals surface area contributed by atoms with Crippen LogP contribution in [0.15, 0.2) is 28.2 Å². The van der Waals surface area contributed by atoms with E-state index in [4.69, 9.17) is 4.52 Å². The number of aromatic nitrogens is 4. The molecule has 1 N–H and O–H groups in total. The molecule has 0 aliphatic rings. The van der Waals surface area contributed by atoms with Crippen molar-refractivity contribution in [2.45, 2.75) is 39.8 Å². The van der Waals surface area contributed by atoms with Crippen molar-refractivity contribution < 1.29 is 9.32 Å². The van der Waals surface area contributed by atoms with Gasteiger partial charge in [0.05, 0.1) is 24.7 Å². The second kappa shape index (κ2) is 7.39. The van der Waals surface area contributed by atoms with Crippen molar-refractivity contribution in [3.05, 3.63) is 51.6 Å². The van der Waals surface area contributed by atoms with Crippen molar-refractivity contribution in [1.29, 1.82) is 0 Å². The van der Waals surface area contributed by atoms with E-state index in [1.165, 1.54) is 0 Å². The first kappa shape index (κ1) is 16.4. The first-order valence-electron chi connectivity index (χ1n) is 7.81. The minimum absolute atomic E-state index is 0.181. The molecular formula is C16H19N5O2S. The Balaban J connectivity index is 1.57. The molecule has 1 amide bonds. The van der Waals surface area contributed by atoms with E-state index >= 15 is 0 Å². The lowest BCUT2D eigenvalue weighted by molar-refractivity contribution is 0.0949. The van der Waals surface area contributed by atoms with E-state index in [1.807, 2.05) is 29.1 Å². The lowest BCUT2D eigenvalue weighted by Gasteiger charge is -2.04. The summed E-state index contributed by atoms with van der Waals surface area (Å²) in [6, 6.07) is 4.01. The van der Waals surface area contributed by atoms with Crippen molar-refractivity contribution in [1.82, 2.24) is 25.2 Å². The summed E-state index contributed by atoms with van der Waals surface area (Å²) in [5.74, 6) is 0.835. The van der Waals surface area contributed by atoms with Crippen LogP contribution in [0.4, 0.5) is 0 Å². The van der Waals surface area contributed by atoms with Gasteiger partial charge in [0, 0.05) is 17.1 Å². The van der Waals surface area contributed by atoms with Crippen LogP contribution in [0.3, 0.4) is 0 Å². The highest BCUT2D eigenvalue weighted by atomic mass is 32.1. The Kier molecular flexibility index (Phi) is 5.05. The standard InChI is InChI=1S/C16H19N5O2S/c1-3-6-21-11(2)13(9-18-21)16(22)17-10-14-19-15(23-20-14)8-12-5-4-7-24-12/h4-5,7,9H,3,6,8,10H2,1-2H3,(H,17,22). The van der Waals surface area contributed by atoms with Crippen LogP contribution in [0.2, 0.25) is 0 Å². The summed E-state index contributed by atoms with van der Waals surface area (Å²) < 4.78 is 7.05. The average Bonchev–Trinajstić information content (AvgIpc) is 3.30. The molecule has 3 aromatic heterocycles. The van der Waals surface area contributed by atoms with Crippen LogP contribution in [0, 0.1) is 6.92 Å². The van der Waals surface area contributed by atoms with E-state index in [0.717, 1.165) is 23.5 Å². The molecule has 7 nitrogen and oxygen atoms in total. The van der Waals surface area contributed by atoms with Crippen molar-refractivity contribution in [3.8, 4) is 0 Å². The minimum Gasteiger partial charge on any atom is -0.344 e. The van der Waals surface area contributed by atoms with Crippen LogP contribution in [-0.2, 0) is 19.5 Å². The topological polar surface area (TPSA) is 85.8 Å². The summed E-state index contributed by atoms with van der Waals surface area (Å²) in [5.41, 5.74) is 1.44. The number of nitrogens with one attached hydrogen (secondary N) is 1. The highest BCUT2D eigenvalue weighted by Crippen LogP contribution is 2.13. The SMILES string of the molecule is CCCn1ncc(C(=O)NCc2noc(Cc3cccs3)n2)c1C. The predicted octanol–water partition coefficient (Wildman–Crippen LogP) is 2.57. The van der Waals surface area contributed by atoms with E-state index in [2.05, 4.69) is 27.5 Å². The predicted molar refractivity (Wildman–Crippen MR) is 89.8 cm³/mol. The van der Waals surface area contributed by atoms with Crippen molar-refractivity contribution >= 4 is 17.2 Å². The van der Waals surface area contributed by atoms with E-state index < -0.39 is 0 Å². The number of aryl methyl sites for hydroxylation is 1. The number of nitrogens with zero attached hydrogens (tertiary/aromatic N) is 4. The molecule has 0 saturated heterocycles. The molecule has 0 bridgehead atoms. The third-order valence-corrected chi connectivity index (χ3v) is 4.48. The van der Waals surface area contributed by atoms with Gasteiger partial charge in [-0.3, -0.25) is 9.48 Å². The molecule has 0 unspecified atom stereocenters. The third kappa shape index (κ3) is 3.70. The fourth-order valence-electron chi connectivity index (χ4n) is 2.36. The van der Waals surface area contributed by atoms with Gasteiger partial charge >= 0.3 is 0 Å². The van der Waals surface area contributed by atoms with Gasteiger partial charge in [-0.15, -0.1) is 11.3 Å². The summed E-state index contributed by atoms with van der Waals surface area (Å²) in [4.78, 5) is 17.7. The van der Waals surface area contributed by atoms with E-state index in [1.54, 1.807) is 17.5 Å².